The van der Waals surface area contributed by atoms with Crippen LogP contribution in [0.1, 0.15) is 29.1 Å². The van der Waals surface area contributed by atoms with Crippen molar-refractivity contribution in [1.82, 2.24) is 9.97 Å². The summed E-state index contributed by atoms with van der Waals surface area (Å²) in [5, 5.41) is 2.84. The molecule has 0 atom stereocenters. The van der Waals surface area contributed by atoms with Crippen LogP contribution in [0.4, 0.5) is 0 Å². The largest absolute Gasteiger partial charge is 0.499 e. The summed E-state index contributed by atoms with van der Waals surface area (Å²) in [5.41, 5.74) is 4.88. The summed E-state index contributed by atoms with van der Waals surface area (Å²) in [7, 11) is 0. The van der Waals surface area contributed by atoms with Crippen LogP contribution in [0.2, 0.25) is 0 Å². The molecule has 0 spiro atoms. The number of thiazole rings is 1. The molecule has 2 aromatic rings. The fourth-order valence-electron chi connectivity index (χ4n) is 2.35. The number of allylic oxidation sites excluding steroid dienone is 2. The average Bonchev–Trinajstić information content (AvgIpc) is 3.16. The maximum absolute atomic E-state index is 5.60. The van der Waals surface area contributed by atoms with Gasteiger partial charge in [-0.15, -0.1) is 11.3 Å². The molecule has 1 N–H and O–H groups in total. The van der Waals surface area contributed by atoms with Crippen LogP contribution in [0.25, 0.3) is 23.0 Å². The van der Waals surface area contributed by atoms with E-state index >= 15 is 0 Å². The first-order valence-corrected chi connectivity index (χ1v) is 8.82. The standard InChI is InChI=1S/C19H21N3OS/c1-4-5-6-15-13(2)21-9-16(15)18-12-24-19(22-18)17(20-3)11-23-10-14-7-8-14/h4-6,9,11-12,14,21H,1,3,7-8,10H2,2H3/b6-5-,17-11-. The highest BCUT2D eigenvalue weighted by molar-refractivity contribution is 7.11. The minimum absolute atomic E-state index is 0.683. The molecule has 1 aliphatic carbocycles. The third-order valence-corrected chi connectivity index (χ3v) is 4.78. The molecule has 0 saturated heterocycles. The number of nitrogens with zero attached hydrogens (tertiary/aromatic N) is 2. The first-order valence-electron chi connectivity index (χ1n) is 7.94. The Morgan fingerprint density at radius 3 is 3.08 bits per heavy atom. The van der Waals surface area contributed by atoms with E-state index in [1.165, 1.54) is 12.8 Å². The number of ether oxygens (including phenoxy) is 1. The average molecular weight is 339 g/mol. The number of aromatic nitrogens is 2. The van der Waals surface area contributed by atoms with Gasteiger partial charge in [0.25, 0.3) is 0 Å². The molecule has 0 aromatic carbocycles. The van der Waals surface area contributed by atoms with Crippen LogP contribution in [0.5, 0.6) is 0 Å². The molecule has 2 aromatic heterocycles. The number of rotatable bonds is 8. The highest BCUT2D eigenvalue weighted by Crippen LogP contribution is 2.32. The van der Waals surface area contributed by atoms with Gasteiger partial charge in [0.15, 0.2) is 0 Å². The molecular formula is C19H21N3OS. The van der Waals surface area contributed by atoms with Crippen LogP contribution in [-0.2, 0) is 4.74 Å². The third kappa shape index (κ3) is 3.74. The smallest absolute Gasteiger partial charge is 0.145 e. The lowest BCUT2D eigenvalue weighted by Crippen LogP contribution is -1.90. The van der Waals surface area contributed by atoms with Crippen LogP contribution in [0.3, 0.4) is 0 Å². The molecule has 24 heavy (non-hydrogen) atoms. The molecule has 2 heterocycles. The maximum atomic E-state index is 5.60. The summed E-state index contributed by atoms with van der Waals surface area (Å²) in [6, 6.07) is 0. The Kier molecular flexibility index (Phi) is 5.11. The number of aryl methyl sites for hydroxylation is 1. The van der Waals surface area contributed by atoms with Gasteiger partial charge in [0, 0.05) is 28.4 Å². The van der Waals surface area contributed by atoms with Crippen LogP contribution < -0.4 is 0 Å². The van der Waals surface area contributed by atoms with Gasteiger partial charge in [-0.3, -0.25) is 4.99 Å². The van der Waals surface area contributed by atoms with Crippen LogP contribution in [0.15, 0.2) is 41.6 Å². The zero-order chi connectivity index (χ0) is 16.9. The fourth-order valence-corrected chi connectivity index (χ4v) is 3.13. The Morgan fingerprint density at radius 1 is 1.54 bits per heavy atom. The topological polar surface area (TPSA) is 50.3 Å². The minimum Gasteiger partial charge on any atom is -0.499 e. The zero-order valence-electron chi connectivity index (χ0n) is 13.8. The normalized spacial score (nSPS) is 15.0. The SMILES string of the molecule is C=C/C=C\c1c(-c2csc(/C(=C/OCC3CC3)N=C)n2)c[nH]c1C. The Hall–Kier alpha value is -2.40. The van der Waals surface area contributed by atoms with Gasteiger partial charge in [-0.25, -0.2) is 4.98 Å². The van der Waals surface area contributed by atoms with Gasteiger partial charge in [0.1, 0.15) is 17.0 Å². The van der Waals surface area contributed by atoms with Crippen molar-refractivity contribution in [3.8, 4) is 11.3 Å². The van der Waals surface area contributed by atoms with Crippen molar-refractivity contribution in [3.05, 3.63) is 52.8 Å². The molecule has 1 aliphatic rings. The van der Waals surface area contributed by atoms with Crippen LogP contribution in [0, 0.1) is 12.8 Å². The second kappa shape index (κ2) is 7.45. The number of hydrogen-bond acceptors (Lipinski definition) is 4. The van der Waals surface area contributed by atoms with Crippen molar-refractivity contribution >= 4 is 29.8 Å². The zero-order valence-corrected chi connectivity index (χ0v) is 14.6. The summed E-state index contributed by atoms with van der Waals surface area (Å²) in [4.78, 5) is 12.0. The second-order valence-electron chi connectivity index (χ2n) is 5.81. The molecule has 5 heteroatoms. The van der Waals surface area contributed by atoms with Crippen molar-refractivity contribution in [2.45, 2.75) is 19.8 Å². The summed E-state index contributed by atoms with van der Waals surface area (Å²) in [6.45, 7) is 10.2. The van der Waals surface area contributed by atoms with E-state index in [1.807, 2.05) is 30.7 Å². The van der Waals surface area contributed by atoms with Gasteiger partial charge in [0.05, 0.1) is 12.3 Å². The summed E-state index contributed by atoms with van der Waals surface area (Å²) in [6.07, 6.45) is 11.9. The van der Waals surface area contributed by atoms with E-state index < -0.39 is 0 Å². The molecule has 3 rings (SSSR count). The van der Waals surface area contributed by atoms with Gasteiger partial charge in [-0.2, -0.15) is 0 Å². The quantitative estimate of drug-likeness (QED) is 0.414. The van der Waals surface area contributed by atoms with Gasteiger partial charge < -0.3 is 9.72 Å². The summed E-state index contributed by atoms with van der Waals surface area (Å²) >= 11 is 1.54. The van der Waals surface area contributed by atoms with Crippen molar-refractivity contribution < 1.29 is 4.74 Å². The highest BCUT2D eigenvalue weighted by atomic mass is 32.1. The second-order valence-corrected chi connectivity index (χ2v) is 6.67. The molecular weight excluding hydrogens is 318 g/mol. The third-order valence-electron chi connectivity index (χ3n) is 3.92. The van der Waals surface area contributed by atoms with E-state index in [0.717, 1.165) is 34.1 Å². The van der Waals surface area contributed by atoms with E-state index in [9.17, 15) is 0 Å². The van der Waals surface area contributed by atoms with E-state index in [-0.39, 0.29) is 0 Å². The van der Waals surface area contributed by atoms with Crippen LogP contribution in [-0.4, -0.2) is 23.3 Å². The molecule has 0 bridgehead atoms. The Bertz CT molecular complexity index is 793. The monoisotopic (exact) mass is 339 g/mol. The van der Waals surface area contributed by atoms with E-state index in [1.54, 1.807) is 23.7 Å². The van der Waals surface area contributed by atoms with E-state index in [0.29, 0.717) is 11.6 Å². The van der Waals surface area contributed by atoms with Gasteiger partial charge in [0.2, 0.25) is 0 Å². The van der Waals surface area contributed by atoms with Gasteiger partial charge in [-0.1, -0.05) is 24.8 Å². The first-order chi connectivity index (χ1) is 11.7. The fraction of sp³-hybridized carbons (Fsp3) is 0.263. The van der Waals surface area contributed by atoms with Crippen molar-refractivity contribution in [3.63, 3.8) is 0 Å². The highest BCUT2D eigenvalue weighted by Gasteiger charge is 2.21. The molecule has 0 amide bonds. The summed E-state index contributed by atoms with van der Waals surface area (Å²) in [5.74, 6) is 0.709. The van der Waals surface area contributed by atoms with Gasteiger partial charge >= 0.3 is 0 Å². The molecule has 0 unspecified atom stereocenters. The maximum Gasteiger partial charge on any atom is 0.145 e. The van der Waals surface area contributed by atoms with Crippen molar-refractivity contribution in [1.29, 1.82) is 0 Å². The minimum atomic E-state index is 0.683. The van der Waals surface area contributed by atoms with Gasteiger partial charge in [-0.05, 0) is 32.4 Å². The molecule has 1 saturated carbocycles. The van der Waals surface area contributed by atoms with Crippen molar-refractivity contribution in [2.24, 2.45) is 10.9 Å². The lowest BCUT2D eigenvalue weighted by atomic mass is 10.1. The number of aliphatic imine (C=N–C) groups is 1. The molecule has 0 aliphatic heterocycles. The number of H-pyrrole nitrogens is 1. The first kappa shape index (κ1) is 16.5. The van der Waals surface area contributed by atoms with Crippen molar-refractivity contribution in [2.75, 3.05) is 6.61 Å². The number of hydrogen-bond donors (Lipinski definition) is 1. The van der Waals surface area contributed by atoms with E-state index in [2.05, 4.69) is 23.3 Å². The number of nitrogens with one attached hydrogen (secondary N) is 1. The predicted molar refractivity (Wildman–Crippen MR) is 102 cm³/mol. The Labute approximate surface area is 146 Å². The lowest BCUT2D eigenvalue weighted by molar-refractivity contribution is 0.236. The lowest BCUT2D eigenvalue weighted by Gasteiger charge is -2.00. The van der Waals surface area contributed by atoms with E-state index in [4.69, 9.17) is 9.72 Å². The Morgan fingerprint density at radius 2 is 2.38 bits per heavy atom. The molecule has 4 nitrogen and oxygen atoms in total. The Balaban J connectivity index is 1.83. The molecule has 1 fully saturated rings. The predicted octanol–water partition coefficient (Wildman–Crippen LogP) is 5.07. The van der Waals surface area contributed by atoms with Crippen LogP contribution >= 0.6 is 11.3 Å². The molecule has 124 valence electrons. The summed E-state index contributed by atoms with van der Waals surface area (Å²) < 4.78 is 5.60. The number of aromatic amines is 1. The molecule has 0 radical (unpaired) electrons.